The van der Waals surface area contributed by atoms with Crippen molar-refractivity contribution in [2.75, 3.05) is 0 Å². The molecule has 0 aliphatic carbocycles. The first kappa shape index (κ1) is 8.74. The van der Waals surface area contributed by atoms with E-state index in [1.807, 2.05) is 0 Å². The maximum Gasteiger partial charge on any atom is 0.360 e. The highest BCUT2D eigenvalue weighted by Crippen LogP contribution is 2.08. The van der Waals surface area contributed by atoms with Crippen molar-refractivity contribution in [1.82, 2.24) is 0 Å². The van der Waals surface area contributed by atoms with Gasteiger partial charge >= 0.3 is 10.0 Å². The summed E-state index contributed by atoms with van der Waals surface area (Å²) in [6.07, 6.45) is 1.57. The molecular weight excluding hydrogens is 196 g/mol. The maximum absolute atomic E-state index is 5.17. The van der Waals surface area contributed by atoms with Crippen LogP contribution in [0.15, 0.2) is 22.8 Å². The summed E-state index contributed by atoms with van der Waals surface area (Å²) in [4.78, 5) is 0. The van der Waals surface area contributed by atoms with Gasteiger partial charge < -0.3 is 17.1 Å². The van der Waals surface area contributed by atoms with Gasteiger partial charge in [-0.05, 0) is 6.07 Å². The Labute approximate surface area is 72.5 Å². The Hall–Kier alpha value is -0.349. The van der Waals surface area contributed by atoms with E-state index in [1.165, 1.54) is 0 Å². The summed E-state index contributed by atoms with van der Waals surface area (Å²) >= 11 is 0. The van der Waals surface area contributed by atoms with E-state index in [0.717, 1.165) is 10.5 Å². The number of furan rings is 1. The zero-order chi connectivity index (χ0) is 7.94. The molecule has 4 nitrogen and oxygen atoms in total. The van der Waals surface area contributed by atoms with E-state index in [-0.39, 0.29) is 0 Å². The van der Waals surface area contributed by atoms with Crippen LogP contribution in [0.4, 0.5) is 0 Å². The van der Waals surface area contributed by atoms with Crippen molar-refractivity contribution in [1.29, 1.82) is 0 Å². The molecule has 11 heavy (non-hydrogen) atoms. The molecule has 0 amide bonds. The highest BCUT2D eigenvalue weighted by Gasteiger charge is 1.94. The molecule has 0 atom stereocenters. The molecule has 0 aromatic carbocycles. The standard InChI is InChI=1S/C4H10O4Si3/c9-7-11-8-10-6-4-2-1-3-5-4/h1-3H,10-11H2,9H3. The predicted molar refractivity (Wildman–Crippen MR) is 48.5 cm³/mol. The molecule has 1 aromatic rings. The van der Waals surface area contributed by atoms with Crippen molar-refractivity contribution in [3.63, 3.8) is 0 Å². The lowest BCUT2D eigenvalue weighted by atomic mass is 10.7. The smallest absolute Gasteiger partial charge is 0.360 e. The third kappa shape index (κ3) is 3.53. The lowest BCUT2D eigenvalue weighted by Crippen LogP contribution is -2.12. The topological polar surface area (TPSA) is 40.8 Å². The van der Waals surface area contributed by atoms with Crippen LogP contribution in [0, 0.1) is 0 Å². The highest BCUT2D eigenvalue weighted by atomic mass is 28.4. The summed E-state index contributed by atoms with van der Waals surface area (Å²) in [5.41, 5.74) is 0. The Morgan fingerprint density at radius 2 is 2.36 bits per heavy atom. The second kappa shape index (κ2) is 5.32. The summed E-state index contributed by atoms with van der Waals surface area (Å²) in [5.74, 6) is 0.541. The lowest BCUT2D eigenvalue weighted by Gasteiger charge is -2.01. The Morgan fingerprint density at radius 3 is 3.00 bits per heavy atom. The monoisotopic (exact) mass is 206 g/mol. The van der Waals surface area contributed by atoms with E-state index in [4.69, 9.17) is 17.1 Å². The van der Waals surface area contributed by atoms with Crippen LogP contribution in [-0.2, 0) is 8.23 Å². The van der Waals surface area contributed by atoms with E-state index in [9.17, 15) is 0 Å². The van der Waals surface area contributed by atoms with E-state index < -0.39 is 20.0 Å². The fraction of sp³-hybridized carbons (Fsp3) is 0. The van der Waals surface area contributed by atoms with E-state index in [2.05, 4.69) is 0 Å². The molecule has 0 unspecified atom stereocenters. The van der Waals surface area contributed by atoms with E-state index in [1.54, 1.807) is 18.4 Å². The summed E-state index contributed by atoms with van der Waals surface area (Å²) < 4.78 is 20.2. The van der Waals surface area contributed by atoms with Gasteiger partial charge in [0, 0.05) is 6.07 Å². The van der Waals surface area contributed by atoms with Crippen molar-refractivity contribution in [3.8, 4) is 5.95 Å². The molecule has 0 radical (unpaired) electrons. The molecule has 0 saturated heterocycles. The van der Waals surface area contributed by atoms with Gasteiger partial charge in [-0.15, -0.1) is 0 Å². The minimum Gasteiger partial charge on any atom is -0.499 e. The first-order chi connectivity index (χ1) is 5.43. The average molecular weight is 206 g/mol. The molecule has 0 aliphatic heterocycles. The SMILES string of the molecule is [SiH3]O[SiH2]O[SiH2]Oc1ccco1. The molecule has 62 valence electrons. The largest absolute Gasteiger partial charge is 0.499 e. The summed E-state index contributed by atoms with van der Waals surface area (Å²) in [7, 11) is -0.863. The molecule has 1 heterocycles. The van der Waals surface area contributed by atoms with E-state index >= 15 is 0 Å². The van der Waals surface area contributed by atoms with Crippen LogP contribution in [0.2, 0.25) is 0 Å². The Morgan fingerprint density at radius 1 is 1.45 bits per heavy atom. The zero-order valence-corrected chi connectivity index (χ0v) is 11.1. The van der Waals surface area contributed by atoms with Crippen molar-refractivity contribution in [3.05, 3.63) is 18.4 Å². The number of hydrogen-bond donors (Lipinski definition) is 0. The van der Waals surface area contributed by atoms with Crippen LogP contribution in [0.3, 0.4) is 0 Å². The summed E-state index contributed by atoms with van der Waals surface area (Å²) in [5, 5.41) is 0. The van der Waals surface area contributed by atoms with Crippen molar-refractivity contribution in [2.45, 2.75) is 0 Å². The minimum absolute atomic E-state index is 0.541. The predicted octanol–water partition coefficient (Wildman–Crippen LogP) is -2.03. The van der Waals surface area contributed by atoms with Gasteiger partial charge in [-0.1, -0.05) is 0 Å². The molecule has 0 bridgehead atoms. The van der Waals surface area contributed by atoms with Gasteiger partial charge in [0.2, 0.25) is 0 Å². The second-order valence-electron chi connectivity index (χ2n) is 1.80. The molecule has 0 spiro atoms. The van der Waals surface area contributed by atoms with Gasteiger partial charge in [0.05, 0.1) is 6.26 Å². The van der Waals surface area contributed by atoms with Crippen molar-refractivity contribution >= 4 is 30.5 Å². The third-order valence-electron chi connectivity index (χ3n) is 0.981. The van der Waals surface area contributed by atoms with Gasteiger partial charge in [-0.3, -0.25) is 0 Å². The van der Waals surface area contributed by atoms with Gasteiger partial charge in [0.15, 0.2) is 0 Å². The Bertz CT molecular complexity index is 177. The van der Waals surface area contributed by atoms with Crippen molar-refractivity contribution < 1.29 is 17.1 Å². The molecule has 0 aliphatic rings. The molecule has 0 fully saturated rings. The Kier molecular flexibility index (Phi) is 4.23. The minimum atomic E-state index is -0.903. The lowest BCUT2D eigenvalue weighted by molar-refractivity contribution is 0.355. The number of hydrogen-bond acceptors (Lipinski definition) is 4. The molecule has 7 heteroatoms. The van der Waals surface area contributed by atoms with Crippen LogP contribution < -0.4 is 4.43 Å². The van der Waals surface area contributed by atoms with Crippen LogP contribution in [-0.4, -0.2) is 30.5 Å². The fourth-order valence-corrected chi connectivity index (χ4v) is 3.62. The second-order valence-corrected chi connectivity index (χ2v) is 6.51. The first-order valence-electron chi connectivity index (χ1n) is 3.16. The molecular formula is C4H10O4Si3. The third-order valence-corrected chi connectivity index (χ3v) is 3.66. The zero-order valence-electron chi connectivity index (χ0n) is 6.28. The van der Waals surface area contributed by atoms with Gasteiger partial charge in [0.25, 0.3) is 16.0 Å². The van der Waals surface area contributed by atoms with Crippen LogP contribution in [0.25, 0.3) is 0 Å². The normalized spacial score (nSPS) is 12.4. The molecule has 0 saturated carbocycles. The fourth-order valence-electron chi connectivity index (χ4n) is 0.563. The molecule has 0 N–H and O–H groups in total. The molecule has 1 rings (SSSR count). The van der Waals surface area contributed by atoms with E-state index in [0.29, 0.717) is 5.95 Å². The average Bonchev–Trinajstić information content (AvgIpc) is 2.50. The van der Waals surface area contributed by atoms with Gasteiger partial charge in [0.1, 0.15) is 10.5 Å². The maximum atomic E-state index is 5.17. The summed E-state index contributed by atoms with van der Waals surface area (Å²) in [6, 6.07) is 3.55. The Balaban J connectivity index is 2.04. The van der Waals surface area contributed by atoms with Crippen LogP contribution in [0.5, 0.6) is 5.95 Å². The van der Waals surface area contributed by atoms with Crippen LogP contribution >= 0.6 is 0 Å². The highest BCUT2D eigenvalue weighted by molar-refractivity contribution is 6.38. The van der Waals surface area contributed by atoms with Gasteiger partial charge in [-0.25, -0.2) is 0 Å². The van der Waals surface area contributed by atoms with Gasteiger partial charge in [-0.2, -0.15) is 0 Å². The van der Waals surface area contributed by atoms with Crippen molar-refractivity contribution in [2.24, 2.45) is 0 Å². The first-order valence-corrected chi connectivity index (χ1v) is 6.29. The van der Waals surface area contributed by atoms with Crippen LogP contribution in [0.1, 0.15) is 0 Å². The number of rotatable bonds is 5. The molecule has 1 aromatic heterocycles. The quantitative estimate of drug-likeness (QED) is 0.412. The summed E-state index contributed by atoms with van der Waals surface area (Å²) in [6.45, 7) is 0.